The van der Waals surface area contributed by atoms with Gasteiger partial charge in [-0.25, -0.2) is 0 Å². The molecule has 0 aromatic rings. The number of esters is 1. The molecule has 0 atom stereocenters. The van der Waals surface area contributed by atoms with Gasteiger partial charge in [-0.3, -0.25) is 9.69 Å². The van der Waals surface area contributed by atoms with E-state index < -0.39 is 0 Å². The molecule has 1 saturated carbocycles. The quantitative estimate of drug-likeness (QED) is 0.593. The van der Waals surface area contributed by atoms with E-state index in [0.29, 0.717) is 18.9 Å². The maximum Gasteiger partial charge on any atom is 0.306 e. The Morgan fingerprint density at radius 3 is 2.79 bits per heavy atom. The largest absolute Gasteiger partial charge is 0.469 e. The summed E-state index contributed by atoms with van der Waals surface area (Å²) in [5.74, 6) is -0.174. The summed E-state index contributed by atoms with van der Waals surface area (Å²) in [5, 5.41) is 8.47. The smallest absolute Gasteiger partial charge is 0.306 e. The van der Waals surface area contributed by atoms with E-state index in [1.807, 2.05) is 0 Å². The fraction of sp³-hybridized carbons (Fsp3) is 0.800. The molecule has 14 heavy (non-hydrogen) atoms. The van der Waals surface area contributed by atoms with Gasteiger partial charge in [0.15, 0.2) is 0 Å². The second kappa shape index (κ2) is 5.61. The Hall–Kier alpha value is -1.08. The summed E-state index contributed by atoms with van der Waals surface area (Å²) in [7, 11) is 1.40. The third-order valence-electron chi connectivity index (χ3n) is 2.40. The molecule has 4 nitrogen and oxygen atoms in total. The molecule has 0 aromatic carbocycles. The monoisotopic (exact) mass is 196 g/mol. The number of methoxy groups -OCH3 is 1. The molecule has 78 valence electrons. The maximum atomic E-state index is 10.9. The first-order valence-corrected chi connectivity index (χ1v) is 4.95. The molecular formula is C10H16N2O2. The van der Waals surface area contributed by atoms with Gasteiger partial charge in [-0.15, -0.1) is 0 Å². The third kappa shape index (κ3) is 3.75. The van der Waals surface area contributed by atoms with Crippen LogP contribution in [0.2, 0.25) is 0 Å². The van der Waals surface area contributed by atoms with E-state index in [1.165, 1.54) is 20.0 Å². The lowest BCUT2D eigenvalue weighted by molar-refractivity contribution is -0.141. The summed E-state index contributed by atoms with van der Waals surface area (Å²) in [4.78, 5) is 13.1. The van der Waals surface area contributed by atoms with Crippen molar-refractivity contribution >= 4 is 5.97 Å². The average Bonchev–Trinajstić information content (AvgIpc) is 3.01. The van der Waals surface area contributed by atoms with Crippen molar-refractivity contribution < 1.29 is 9.53 Å². The zero-order valence-electron chi connectivity index (χ0n) is 8.53. The van der Waals surface area contributed by atoms with E-state index in [-0.39, 0.29) is 5.97 Å². The second-order valence-electron chi connectivity index (χ2n) is 3.50. The van der Waals surface area contributed by atoms with Gasteiger partial charge in [-0.2, -0.15) is 5.26 Å². The van der Waals surface area contributed by atoms with Crippen LogP contribution in [-0.2, 0) is 9.53 Å². The van der Waals surface area contributed by atoms with E-state index >= 15 is 0 Å². The van der Waals surface area contributed by atoms with E-state index in [0.717, 1.165) is 13.1 Å². The zero-order chi connectivity index (χ0) is 10.4. The molecule has 0 heterocycles. The van der Waals surface area contributed by atoms with Crippen LogP contribution in [0, 0.1) is 11.3 Å². The molecule has 0 N–H and O–H groups in total. The number of carbonyl (C=O) groups excluding carboxylic acids is 1. The van der Waals surface area contributed by atoms with Crippen LogP contribution in [0.4, 0.5) is 0 Å². The fourth-order valence-corrected chi connectivity index (χ4v) is 1.45. The second-order valence-corrected chi connectivity index (χ2v) is 3.50. The highest BCUT2D eigenvalue weighted by Gasteiger charge is 2.28. The molecule has 1 fully saturated rings. The van der Waals surface area contributed by atoms with Gasteiger partial charge < -0.3 is 4.74 Å². The summed E-state index contributed by atoms with van der Waals surface area (Å²) in [5.41, 5.74) is 0. The van der Waals surface area contributed by atoms with Crippen LogP contribution in [0.3, 0.4) is 0 Å². The zero-order valence-corrected chi connectivity index (χ0v) is 8.53. The summed E-state index contributed by atoms with van der Waals surface area (Å²) in [6.45, 7) is 1.50. The van der Waals surface area contributed by atoms with E-state index in [4.69, 9.17) is 5.26 Å². The summed E-state index contributed by atoms with van der Waals surface area (Å²) >= 11 is 0. The molecule has 0 saturated heterocycles. The Morgan fingerprint density at radius 2 is 2.29 bits per heavy atom. The van der Waals surface area contributed by atoms with E-state index in [9.17, 15) is 4.79 Å². The molecule has 0 bridgehead atoms. The highest BCUT2D eigenvalue weighted by Crippen LogP contribution is 2.26. The molecule has 1 aliphatic carbocycles. The number of hydrogen-bond donors (Lipinski definition) is 0. The molecule has 0 spiro atoms. The molecule has 0 unspecified atom stereocenters. The van der Waals surface area contributed by atoms with Gasteiger partial charge in [-0.05, 0) is 12.8 Å². The molecule has 0 radical (unpaired) electrons. The first kappa shape index (κ1) is 11.0. The normalized spacial score (nSPS) is 15.2. The Bertz CT molecular complexity index is 231. The lowest BCUT2D eigenvalue weighted by Gasteiger charge is -2.19. The number of nitrogens with zero attached hydrogens (tertiary/aromatic N) is 2. The van der Waals surface area contributed by atoms with Crippen molar-refractivity contribution in [1.82, 2.24) is 4.90 Å². The van der Waals surface area contributed by atoms with Crippen LogP contribution >= 0.6 is 0 Å². The standard InChI is InChI=1S/C10H16N2O2/c1-14-10(13)5-8-12(7-2-6-11)9-3-4-9/h9H,2-5,7-8H2,1H3. The van der Waals surface area contributed by atoms with Crippen LogP contribution in [0.15, 0.2) is 0 Å². The van der Waals surface area contributed by atoms with Gasteiger partial charge in [0, 0.05) is 25.6 Å². The summed E-state index contributed by atoms with van der Waals surface area (Å²) < 4.78 is 4.57. The van der Waals surface area contributed by atoms with Crippen LogP contribution in [0.1, 0.15) is 25.7 Å². The topological polar surface area (TPSA) is 53.3 Å². The van der Waals surface area contributed by atoms with E-state index in [1.54, 1.807) is 0 Å². The van der Waals surface area contributed by atoms with Gasteiger partial charge in [0.2, 0.25) is 0 Å². The highest BCUT2D eigenvalue weighted by atomic mass is 16.5. The lowest BCUT2D eigenvalue weighted by atomic mass is 10.3. The first-order chi connectivity index (χ1) is 6.77. The fourth-order valence-electron chi connectivity index (χ4n) is 1.45. The van der Waals surface area contributed by atoms with Gasteiger partial charge in [0.1, 0.15) is 0 Å². The Morgan fingerprint density at radius 1 is 1.57 bits per heavy atom. The van der Waals surface area contributed by atoms with Crippen molar-refractivity contribution in [2.75, 3.05) is 20.2 Å². The number of nitriles is 1. The van der Waals surface area contributed by atoms with Crippen molar-refractivity contribution in [2.24, 2.45) is 0 Å². The van der Waals surface area contributed by atoms with Crippen LogP contribution in [0.5, 0.6) is 0 Å². The van der Waals surface area contributed by atoms with Gasteiger partial charge >= 0.3 is 5.97 Å². The predicted molar refractivity (Wildman–Crippen MR) is 51.5 cm³/mol. The van der Waals surface area contributed by atoms with Crippen LogP contribution < -0.4 is 0 Å². The van der Waals surface area contributed by atoms with Crippen LogP contribution in [0.25, 0.3) is 0 Å². The van der Waals surface area contributed by atoms with Gasteiger partial charge in [0.05, 0.1) is 19.6 Å². The van der Waals surface area contributed by atoms with E-state index in [2.05, 4.69) is 15.7 Å². The molecule has 0 aliphatic heterocycles. The van der Waals surface area contributed by atoms with Gasteiger partial charge in [-0.1, -0.05) is 0 Å². The number of rotatable bonds is 6. The van der Waals surface area contributed by atoms with Crippen molar-refractivity contribution in [3.05, 3.63) is 0 Å². The third-order valence-corrected chi connectivity index (χ3v) is 2.40. The average molecular weight is 196 g/mol. The SMILES string of the molecule is COC(=O)CCN(CCC#N)C1CC1. The Labute approximate surface area is 84.4 Å². The van der Waals surface area contributed by atoms with Gasteiger partial charge in [0.25, 0.3) is 0 Å². The number of hydrogen-bond acceptors (Lipinski definition) is 4. The minimum absolute atomic E-state index is 0.174. The number of ether oxygens (including phenoxy) is 1. The molecular weight excluding hydrogens is 180 g/mol. The van der Waals surface area contributed by atoms with Crippen molar-refractivity contribution in [2.45, 2.75) is 31.7 Å². The van der Waals surface area contributed by atoms with Crippen molar-refractivity contribution in [3.8, 4) is 6.07 Å². The minimum Gasteiger partial charge on any atom is -0.469 e. The summed E-state index contributed by atoms with van der Waals surface area (Å²) in [6, 6.07) is 2.73. The first-order valence-electron chi connectivity index (χ1n) is 4.95. The Balaban J connectivity index is 2.21. The molecule has 0 amide bonds. The van der Waals surface area contributed by atoms with Crippen molar-refractivity contribution in [3.63, 3.8) is 0 Å². The molecule has 4 heteroatoms. The summed E-state index contributed by atoms with van der Waals surface area (Å²) in [6.07, 6.45) is 3.37. The maximum absolute atomic E-state index is 10.9. The lowest BCUT2D eigenvalue weighted by Crippen LogP contribution is -2.29. The molecule has 0 aromatic heterocycles. The molecule has 1 rings (SSSR count). The number of carbonyl (C=O) groups is 1. The minimum atomic E-state index is -0.174. The highest BCUT2D eigenvalue weighted by molar-refractivity contribution is 5.69. The van der Waals surface area contributed by atoms with Crippen molar-refractivity contribution in [1.29, 1.82) is 5.26 Å². The predicted octanol–water partition coefficient (Wildman–Crippen LogP) is 0.928. The van der Waals surface area contributed by atoms with Crippen LogP contribution in [-0.4, -0.2) is 37.1 Å². The Kier molecular flexibility index (Phi) is 4.41. The molecule has 1 aliphatic rings.